The lowest BCUT2D eigenvalue weighted by Crippen LogP contribution is -2.21. The molecule has 5 heteroatoms. The Morgan fingerprint density at radius 2 is 2.29 bits per heavy atom. The van der Waals surface area contributed by atoms with Crippen molar-refractivity contribution in [1.29, 1.82) is 0 Å². The van der Waals surface area contributed by atoms with Crippen LogP contribution in [0.4, 0.5) is 0 Å². The monoisotopic (exact) mass is 237 g/mol. The van der Waals surface area contributed by atoms with Crippen molar-refractivity contribution in [2.24, 2.45) is 11.8 Å². The fourth-order valence-corrected chi connectivity index (χ4v) is 2.27. The SMILES string of the molecule is CCCC1CC1n1nnnc1CNCC(C)C. The molecule has 2 atom stereocenters. The van der Waals surface area contributed by atoms with Crippen LogP contribution in [-0.4, -0.2) is 26.8 Å². The van der Waals surface area contributed by atoms with Crippen LogP contribution in [0.5, 0.6) is 0 Å². The molecule has 2 rings (SSSR count). The standard InChI is InChI=1S/C12H23N5/c1-4-5-10-6-11(10)17-12(14-15-16-17)8-13-7-9(2)3/h9-11,13H,4-8H2,1-3H3. The van der Waals surface area contributed by atoms with Gasteiger partial charge in [-0.25, -0.2) is 4.68 Å². The van der Waals surface area contributed by atoms with Crippen molar-refractivity contribution < 1.29 is 0 Å². The third-order valence-corrected chi connectivity index (χ3v) is 3.26. The zero-order chi connectivity index (χ0) is 12.3. The highest BCUT2D eigenvalue weighted by Crippen LogP contribution is 2.46. The van der Waals surface area contributed by atoms with Gasteiger partial charge in [0.25, 0.3) is 0 Å². The second kappa shape index (κ2) is 5.58. The van der Waals surface area contributed by atoms with E-state index in [0.717, 1.165) is 24.8 Å². The van der Waals surface area contributed by atoms with Crippen LogP contribution in [0, 0.1) is 11.8 Å². The maximum absolute atomic E-state index is 4.12. The molecule has 1 N–H and O–H groups in total. The van der Waals surface area contributed by atoms with Gasteiger partial charge in [-0.15, -0.1) is 5.10 Å². The van der Waals surface area contributed by atoms with E-state index in [1.165, 1.54) is 19.3 Å². The molecule has 1 fully saturated rings. The van der Waals surface area contributed by atoms with Gasteiger partial charge in [0.15, 0.2) is 5.82 Å². The Morgan fingerprint density at radius 1 is 1.47 bits per heavy atom. The summed E-state index contributed by atoms with van der Waals surface area (Å²) in [5, 5.41) is 15.4. The van der Waals surface area contributed by atoms with E-state index >= 15 is 0 Å². The Balaban J connectivity index is 1.85. The highest BCUT2D eigenvalue weighted by molar-refractivity contribution is 4.95. The molecule has 2 unspecified atom stereocenters. The average molecular weight is 237 g/mol. The van der Waals surface area contributed by atoms with Crippen LogP contribution in [0.25, 0.3) is 0 Å². The van der Waals surface area contributed by atoms with Gasteiger partial charge in [-0.1, -0.05) is 27.2 Å². The summed E-state index contributed by atoms with van der Waals surface area (Å²) in [7, 11) is 0. The van der Waals surface area contributed by atoms with Gasteiger partial charge in [0.05, 0.1) is 12.6 Å². The van der Waals surface area contributed by atoms with Crippen molar-refractivity contribution in [2.45, 2.75) is 52.6 Å². The molecule has 0 radical (unpaired) electrons. The zero-order valence-corrected chi connectivity index (χ0v) is 11.1. The summed E-state index contributed by atoms with van der Waals surface area (Å²) < 4.78 is 2.02. The molecular formula is C12H23N5. The quantitative estimate of drug-likeness (QED) is 0.785. The Hall–Kier alpha value is -0.970. The molecule has 1 aliphatic carbocycles. The number of aromatic nitrogens is 4. The molecule has 17 heavy (non-hydrogen) atoms. The highest BCUT2D eigenvalue weighted by atomic mass is 15.6. The minimum atomic E-state index is 0.556. The summed E-state index contributed by atoms with van der Waals surface area (Å²) in [4.78, 5) is 0. The maximum atomic E-state index is 4.12. The fourth-order valence-electron chi connectivity index (χ4n) is 2.27. The van der Waals surface area contributed by atoms with Crippen molar-refractivity contribution in [3.8, 4) is 0 Å². The molecule has 0 aromatic carbocycles. The summed E-state index contributed by atoms with van der Waals surface area (Å²) in [5.74, 6) is 2.44. The second-order valence-corrected chi connectivity index (χ2v) is 5.42. The van der Waals surface area contributed by atoms with Gasteiger partial charge < -0.3 is 5.32 Å². The number of hydrogen-bond acceptors (Lipinski definition) is 4. The Bertz CT molecular complexity index is 346. The minimum absolute atomic E-state index is 0.556. The van der Waals surface area contributed by atoms with Crippen molar-refractivity contribution in [1.82, 2.24) is 25.5 Å². The molecule has 96 valence electrons. The third kappa shape index (κ3) is 3.25. The molecule has 1 saturated carbocycles. The first-order valence-electron chi connectivity index (χ1n) is 6.69. The molecule has 1 heterocycles. The normalized spacial score (nSPS) is 23.3. The van der Waals surface area contributed by atoms with Crippen LogP contribution in [0.3, 0.4) is 0 Å². The molecule has 5 nitrogen and oxygen atoms in total. The van der Waals surface area contributed by atoms with E-state index in [-0.39, 0.29) is 0 Å². The van der Waals surface area contributed by atoms with Gasteiger partial charge in [-0.05, 0) is 41.6 Å². The van der Waals surface area contributed by atoms with E-state index in [4.69, 9.17) is 0 Å². The predicted molar refractivity (Wildman–Crippen MR) is 66.4 cm³/mol. The minimum Gasteiger partial charge on any atom is -0.310 e. The topological polar surface area (TPSA) is 55.6 Å². The van der Waals surface area contributed by atoms with Crippen LogP contribution in [-0.2, 0) is 6.54 Å². The first-order chi connectivity index (χ1) is 8.22. The molecule has 0 bridgehead atoms. The summed E-state index contributed by atoms with van der Waals surface area (Å²) in [6.45, 7) is 8.43. The Kier molecular flexibility index (Phi) is 4.10. The van der Waals surface area contributed by atoms with Gasteiger partial charge in [0, 0.05) is 0 Å². The van der Waals surface area contributed by atoms with Crippen LogP contribution < -0.4 is 5.32 Å². The zero-order valence-electron chi connectivity index (χ0n) is 11.1. The summed E-state index contributed by atoms with van der Waals surface area (Å²) >= 11 is 0. The second-order valence-electron chi connectivity index (χ2n) is 5.42. The summed E-state index contributed by atoms with van der Waals surface area (Å²) in [5.41, 5.74) is 0. The molecule has 1 aliphatic rings. The van der Waals surface area contributed by atoms with Crippen molar-refractivity contribution in [2.75, 3.05) is 6.54 Å². The highest BCUT2D eigenvalue weighted by Gasteiger charge is 2.39. The fraction of sp³-hybridized carbons (Fsp3) is 0.917. The number of nitrogens with one attached hydrogen (secondary N) is 1. The van der Waals surface area contributed by atoms with E-state index in [2.05, 4.69) is 41.6 Å². The lowest BCUT2D eigenvalue weighted by atomic mass is 10.2. The number of hydrogen-bond donors (Lipinski definition) is 1. The maximum Gasteiger partial charge on any atom is 0.165 e. The predicted octanol–water partition coefficient (Wildman–Crippen LogP) is 1.78. The molecule has 1 aromatic heterocycles. The number of rotatable bonds is 7. The van der Waals surface area contributed by atoms with Crippen LogP contribution in [0.2, 0.25) is 0 Å². The molecule has 0 amide bonds. The van der Waals surface area contributed by atoms with Crippen molar-refractivity contribution in [3.63, 3.8) is 0 Å². The lowest BCUT2D eigenvalue weighted by Gasteiger charge is -2.07. The van der Waals surface area contributed by atoms with Gasteiger partial charge in [0.2, 0.25) is 0 Å². The van der Waals surface area contributed by atoms with Crippen LogP contribution in [0.1, 0.15) is 51.9 Å². The van der Waals surface area contributed by atoms with E-state index in [9.17, 15) is 0 Å². The number of tetrazole rings is 1. The van der Waals surface area contributed by atoms with E-state index in [1.807, 2.05) is 4.68 Å². The lowest BCUT2D eigenvalue weighted by molar-refractivity contribution is 0.494. The van der Waals surface area contributed by atoms with Gasteiger partial charge in [-0.2, -0.15) is 0 Å². The van der Waals surface area contributed by atoms with E-state index in [1.54, 1.807) is 0 Å². The van der Waals surface area contributed by atoms with E-state index in [0.29, 0.717) is 12.0 Å². The van der Waals surface area contributed by atoms with Crippen molar-refractivity contribution in [3.05, 3.63) is 5.82 Å². The largest absolute Gasteiger partial charge is 0.310 e. The van der Waals surface area contributed by atoms with Crippen molar-refractivity contribution >= 4 is 0 Å². The molecular weight excluding hydrogens is 214 g/mol. The van der Waals surface area contributed by atoms with Crippen LogP contribution >= 0.6 is 0 Å². The smallest absolute Gasteiger partial charge is 0.165 e. The molecule has 1 aromatic rings. The average Bonchev–Trinajstić information content (AvgIpc) is 2.88. The number of nitrogens with zero attached hydrogens (tertiary/aromatic N) is 4. The first-order valence-corrected chi connectivity index (χ1v) is 6.69. The molecule has 0 spiro atoms. The van der Waals surface area contributed by atoms with Gasteiger partial charge in [0.1, 0.15) is 0 Å². The first kappa shape index (κ1) is 12.5. The van der Waals surface area contributed by atoms with Gasteiger partial charge in [-0.3, -0.25) is 0 Å². The van der Waals surface area contributed by atoms with Gasteiger partial charge >= 0.3 is 0 Å². The molecule has 0 aliphatic heterocycles. The third-order valence-electron chi connectivity index (χ3n) is 3.26. The Labute approximate surface area is 103 Å². The summed E-state index contributed by atoms with van der Waals surface area (Å²) in [6.07, 6.45) is 3.80. The Morgan fingerprint density at radius 3 is 3.00 bits per heavy atom. The van der Waals surface area contributed by atoms with Crippen LogP contribution in [0.15, 0.2) is 0 Å². The molecule has 0 saturated heterocycles. The van der Waals surface area contributed by atoms with E-state index < -0.39 is 0 Å². The summed E-state index contributed by atoms with van der Waals surface area (Å²) in [6, 6.07) is 0.556.